The number of amides is 1. The normalized spacial score (nSPS) is 10.9. The largest absolute Gasteiger partial charge is 0.344 e. The first-order valence-electron chi connectivity index (χ1n) is 11.6. The van der Waals surface area contributed by atoms with E-state index in [1.165, 1.54) is 11.8 Å². The predicted molar refractivity (Wildman–Crippen MR) is 143 cm³/mol. The SMILES string of the molecule is Cc1ccccc1-n1c(SCC(=O)NC(c2ccccc2)c2ccccc2)nnc1-c1ccncc1. The third-order valence-electron chi connectivity index (χ3n) is 5.83. The number of carbonyl (C=O) groups is 1. The van der Waals surface area contributed by atoms with Crippen molar-refractivity contribution in [2.45, 2.75) is 18.1 Å². The maximum Gasteiger partial charge on any atom is 0.231 e. The van der Waals surface area contributed by atoms with Gasteiger partial charge in [0.25, 0.3) is 0 Å². The minimum atomic E-state index is -0.234. The lowest BCUT2D eigenvalue weighted by molar-refractivity contribution is -0.119. The molecule has 0 aliphatic rings. The molecule has 0 radical (unpaired) electrons. The van der Waals surface area contributed by atoms with Crippen LogP contribution in [-0.4, -0.2) is 31.4 Å². The number of rotatable bonds is 8. The van der Waals surface area contributed by atoms with Gasteiger partial charge in [0.2, 0.25) is 5.91 Å². The summed E-state index contributed by atoms with van der Waals surface area (Å²) in [6, 6.07) is 31.7. The Labute approximate surface area is 214 Å². The first-order valence-corrected chi connectivity index (χ1v) is 12.6. The van der Waals surface area contributed by atoms with Gasteiger partial charge in [-0.05, 0) is 41.8 Å². The number of carbonyl (C=O) groups excluding carboxylic acids is 1. The molecule has 0 saturated carbocycles. The van der Waals surface area contributed by atoms with Gasteiger partial charge in [-0.2, -0.15) is 0 Å². The molecule has 0 bridgehead atoms. The van der Waals surface area contributed by atoms with Crippen LogP contribution < -0.4 is 5.32 Å². The van der Waals surface area contributed by atoms with Gasteiger partial charge in [0.05, 0.1) is 17.5 Å². The van der Waals surface area contributed by atoms with Gasteiger partial charge < -0.3 is 5.32 Å². The molecule has 0 aliphatic carbocycles. The maximum atomic E-state index is 13.2. The molecule has 5 rings (SSSR count). The Hall–Kier alpha value is -4.23. The van der Waals surface area contributed by atoms with E-state index >= 15 is 0 Å². The third-order valence-corrected chi connectivity index (χ3v) is 6.76. The Morgan fingerprint density at radius 2 is 1.44 bits per heavy atom. The van der Waals surface area contributed by atoms with E-state index < -0.39 is 0 Å². The lowest BCUT2D eigenvalue weighted by Crippen LogP contribution is -2.30. The summed E-state index contributed by atoms with van der Waals surface area (Å²) in [6.45, 7) is 2.05. The first-order chi connectivity index (χ1) is 17.7. The zero-order chi connectivity index (χ0) is 24.7. The molecular weight excluding hydrogens is 466 g/mol. The van der Waals surface area contributed by atoms with E-state index in [9.17, 15) is 4.79 Å². The van der Waals surface area contributed by atoms with Crippen LogP contribution in [0.3, 0.4) is 0 Å². The van der Waals surface area contributed by atoms with Crippen LogP contribution in [0.4, 0.5) is 0 Å². The number of hydrogen-bond acceptors (Lipinski definition) is 5. The Kier molecular flexibility index (Phi) is 7.19. The topological polar surface area (TPSA) is 72.7 Å². The van der Waals surface area contributed by atoms with Crippen molar-refractivity contribution in [3.63, 3.8) is 0 Å². The average molecular weight is 492 g/mol. The molecule has 2 aromatic heterocycles. The zero-order valence-electron chi connectivity index (χ0n) is 19.8. The van der Waals surface area contributed by atoms with E-state index in [0.717, 1.165) is 27.9 Å². The predicted octanol–water partition coefficient (Wildman–Crippen LogP) is 5.64. The number of aromatic nitrogens is 4. The summed E-state index contributed by atoms with van der Waals surface area (Å²) in [4.78, 5) is 17.3. The van der Waals surface area contributed by atoms with Gasteiger partial charge in [-0.1, -0.05) is 90.6 Å². The molecule has 0 aliphatic heterocycles. The zero-order valence-corrected chi connectivity index (χ0v) is 20.6. The number of thioether (sulfide) groups is 1. The van der Waals surface area contributed by atoms with Crippen LogP contribution in [0.15, 0.2) is 115 Å². The molecule has 0 saturated heterocycles. The molecule has 1 amide bonds. The van der Waals surface area contributed by atoms with E-state index in [2.05, 4.69) is 33.5 Å². The fraction of sp³-hybridized carbons (Fsp3) is 0.103. The number of benzene rings is 3. The summed E-state index contributed by atoms with van der Waals surface area (Å²) in [5.41, 5.74) is 5.04. The summed E-state index contributed by atoms with van der Waals surface area (Å²) < 4.78 is 2.01. The van der Waals surface area contributed by atoms with Crippen molar-refractivity contribution in [3.05, 3.63) is 126 Å². The van der Waals surface area contributed by atoms with Crippen LogP contribution in [-0.2, 0) is 4.79 Å². The van der Waals surface area contributed by atoms with Crippen LogP contribution in [0, 0.1) is 6.92 Å². The van der Waals surface area contributed by atoms with Crippen LogP contribution in [0.25, 0.3) is 17.1 Å². The Morgan fingerprint density at radius 3 is 2.08 bits per heavy atom. The fourth-order valence-electron chi connectivity index (χ4n) is 4.07. The van der Waals surface area contributed by atoms with E-state index in [1.807, 2.05) is 95.6 Å². The van der Waals surface area contributed by atoms with Crippen LogP contribution in [0.5, 0.6) is 0 Å². The standard InChI is InChI=1S/C29H25N5OS/c1-21-10-8-9-15-25(21)34-28(24-16-18-30-19-17-24)32-33-29(34)36-20-26(35)31-27(22-11-4-2-5-12-22)23-13-6-3-7-14-23/h2-19,27H,20H2,1H3,(H,31,35). The lowest BCUT2D eigenvalue weighted by atomic mass is 9.99. The number of para-hydroxylation sites is 1. The summed E-state index contributed by atoms with van der Waals surface area (Å²) in [5, 5.41) is 12.8. The Balaban J connectivity index is 1.41. The highest BCUT2D eigenvalue weighted by molar-refractivity contribution is 7.99. The number of nitrogens with one attached hydrogen (secondary N) is 1. The summed E-state index contributed by atoms with van der Waals surface area (Å²) in [5.74, 6) is 0.833. The highest BCUT2D eigenvalue weighted by Gasteiger charge is 2.20. The van der Waals surface area contributed by atoms with Crippen molar-refractivity contribution in [2.24, 2.45) is 0 Å². The van der Waals surface area contributed by atoms with Crippen LogP contribution >= 0.6 is 11.8 Å². The first kappa shape index (κ1) is 23.5. The molecule has 0 unspecified atom stereocenters. The second-order valence-electron chi connectivity index (χ2n) is 8.27. The molecule has 178 valence electrons. The smallest absolute Gasteiger partial charge is 0.231 e. The quantitative estimate of drug-likeness (QED) is 0.285. The van der Waals surface area contributed by atoms with Gasteiger partial charge in [-0.15, -0.1) is 10.2 Å². The van der Waals surface area contributed by atoms with Gasteiger partial charge in [0.15, 0.2) is 11.0 Å². The molecular formula is C29H25N5OS. The molecule has 36 heavy (non-hydrogen) atoms. The highest BCUT2D eigenvalue weighted by Crippen LogP contribution is 2.29. The second kappa shape index (κ2) is 11.0. The van der Waals surface area contributed by atoms with Gasteiger partial charge in [-0.25, -0.2) is 0 Å². The van der Waals surface area contributed by atoms with Crippen molar-refractivity contribution < 1.29 is 4.79 Å². The number of hydrogen-bond donors (Lipinski definition) is 1. The maximum absolute atomic E-state index is 13.2. The van der Waals surface area contributed by atoms with Crippen molar-refractivity contribution >= 4 is 17.7 Å². The van der Waals surface area contributed by atoms with Gasteiger partial charge in [0, 0.05) is 18.0 Å². The highest BCUT2D eigenvalue weighted by atomic mass is 32.2. The average Bonchev–Trinajstić information content (AvgIpc) is 3.36. The Bertz CT molecular complexity index is 1400. The number of nitrogens with zero attached hydrogens (tertiary/aromatic N) is 4. The lowest BCUT2D eigenvalue weighted by Gasteiger charge is -2.20. The molecule has 2 heterocycles. The molecule has 0 fully saturated rings. The molecule has 5 aromatic rings. The molecule has 1 N–H and O–H groups in total. The minimum Gasteiger partial charge on any atom is -0.344 e. The van der Waals surface area contributed by atoms with Crippen LogP contribution in [0.1, 0.15) is 22.7 Å². The van der Waals surface area contributed by atoms with E-state index in [-0.39, 0.29) is 17.7 Å². The van der Waals surface area contributed by atoms with Crippen molar-refractivity contribution in [3.8, 4) is 17.1 Å². The van der Waals surface area contributed by atoms with E-state index in [0.29, 0.717) is 11.0 Å². The molecule has 0 spiro atoms. The molecule has 6 nitrogen and oxygen atoms in total. The van der Waals surface area contributed by atoms with Crippen molar-refractivity contribution in [1.82, 2.24) is 25.1 Å². The van der Waals surface area contributed by atoms with Gasteiger partial charge >= 0.3 is 0 Å². The summed E-state index contributed by atoms with van der Waals surface area (Å²) in [6.07, 6.45) is 3.47. The van der Waals surface area contributed by atoms with E-state index in [4.69, 9.17) is 0 Å². The van der Waals surface area contributed by atoms with Crippen molar-refractivity contribution in [2.75, 3.05) is 5.75 Å². The van der Waals surface area contributed by atoms with Gasteiger partial charge in [-0.3, -0.25) is 14.3 Å². The molecule has 7 heteroatoms. The summed E-state index contributed by atoms with van der Waals surface area (Å²) in [7, 11) is 0. The van der Waals surface area contributed by atoms with Crippen molar-refractivity contribution in [1.29, 1.82) is 0 Å². The van der Waals surface area contributed by atoms with Gasteiger partial charge in [0.1, 0.15) is 0 Å². The number of pyridine rings is 1. The van der Waals surface area contributed by atoms with E-state index in [1.54, 1.807) is 12.4 Å². The number of aryl methyl sites for hydroxylation is 1. The second-order valence-corrected chi connectivity index (χ2v) is 9.22. The summed E-state index contributed by atoms with van der Waals surface area (Å²) >= 11 is 1.37. The molecule has 3 aromatic carbocycles. The van der Waals surface area contributed by atoms with Crippen LogP contribution in [0.2, 0.25) is 0 Å². The fourth-order valence-corrected chi connectivity index (χ4v) is 4.82. The monoisotopic (exact) mass is 491 g/mol. The Morgan fingerprint density at radius 1 is 0.833 bits per heavy atom. The molecule has 0 atom stereocenters. The third kappa shape index (κ3) is 5.21. The minimum absolute atomic E-state index is 0.0810.